The molecule has 0 saturated carbocycles. The van der Waals surface area contributed by atoms with Gasteiger partial charge in [0.25, 0.3) is 5.91 Å². The van der Waals surface area contributed by atoms with Crippen LogP contribution in [0.3, 0.4) is 0 Å². The van der Waals surface area contributed by atoms with Crippen LogP contribution in [0.25, 0.3) is 0 Å². The molecular weight excluding hydrogens is 362 g/mol. The largest absolute Gasteiger partial charge is 0.493 e. The van der Waals surface area contributed by atoms with Crippen LogP contribution in [0.1, 0.15) is 34.0 Å². The van der Waals surface area contributed by atoms with E-state index in [4.69, 9.17) is 19.3 Å². The normalized spacial score (nSPS) is 10.3. The highest BCUT2D eigenvalue weighted by molar-refractivity contribution is 5.94. The van der Waals surface area contributed by atoms with Gasteiger partial charge in [0.2, 0.25) is 0 Å². The van der Waals surface area contributed by atoms with Crippen LogP contribution in [0.15, 0.2) is 30.3 Å². The lowest BCUT2D eigenvalue weighted by Gasteiger charge is -2.14. The Morgan fingerprint density at radius 2 is 1.71 bits per heavy atom. The van der Waals surface area contributed by atoms with Crippen molar-refractivity contribution in [2.24, 2.45) is 0 Å². The molecule has 0 aliphatic rings. The van der Waals surface area contributed by atoms with Gasteiger partial charge in [0.15, 0.2) is 18.1 Å². The molecule has 2 rings (SSSR count). The fourth-order valence-corrected chi connectivity index (χ4v) is 2.82. The Hall–Kier alpha value is -3.22. The molecule has 0 atom stereocenters. The molecule has 0 bridgehead atoms. The fraction of sp³-hybridized carbons (Fsp3) is 0.333. The molecule has 7 heteroatoms. The Balaban J connectivity index is 2.08. The lowest BCUT2D eigenvalue weighted by molar-refractivity contribution is -0.139. The van der Waals surface area contributed by atoms with Gasteiger partial charge < -0.3 is 24.6 Å². The summed E-state index contributed by atoms with van der Waals surface area (Å²) in [5.41, 5.74) is 2.77. The molecule has 2 aromatic rings. The second-order valence-corrected chi connectivity index (χ2v) is 6.22. The second kappa shape index (κ2) is 9.64. The summed E-state index contributed by atoms with van der Waals surface area (Å²) >= 11 is 0. The number of methoxy groups -OCH3 is 1. The third kappa shape index (κ3) is 5.39. The number of hydrogen-bond acceptors (Lipinski definition) is 5. The summed E-state index contributed by atoms with van der Waals surface area (Å²) in [6.45, 7) is 5.90. The highest BCUT2D eigenvalue weighted by Gasteiger charge is 2.13. The lowest BCUT2D eigenvalue weighted by atomic mass is 10.0. The van der Waals surface area contributed by atoms with Crippen LogP contribution < -0.4 is 19.5 Å². The van der Waals surface area contributed by atoms with Crippen LogP contribution >= 0.6 is 0 Å². The number of rotatable bonds is 9. The van der Waals surface area contributed by atoms with E-state index in [0.717, 1.165) is 5.56 Å². The molecule has 0 aliphatic carbocycles. The molecule has 2 N–H and O–H groups in total. The first-order valence-electron chi connectivity index (χ1n) is 8.89. The van der Waals surface area contributed by atoms with E-state index in [1.807, 2.05) is 25.1 Å². The summed E-state index contributed by atoms with van der Waals surface area (Å²) in [5.74, 6) is 0.467. The number of carbonyl (C=O) groups excluding carboxylic acids is 1. The van der Waals surface area contributed by atoms with Crippen molar-refractivity contribution in [2.45, 2.75) is 27.3 Å². The standard InChI is InChI=1S/C21H25NO6/c1-5-27-17-7-6-15(10-18(17)26-4)11-22-21(25)16-8-13(2)20(14(3)9-16)28-12-19(23)24/h6-10H,5,11-12H2,1-4H3,(H,22,25)(H,23,24). The molecule has 2 aromatic carbocycles. The zero-order chi connectivity index (χ0) is 20.7. The number of carboxylic acid groups (broad SMARTS) is 1. The number of aliphatic carboxylic acids is 1. The first kappa shape index (κ1) is 21.1. The van der Waals surface area contributed by atoms with Crippen molar-refractivity contribution < 1.29 is 28.9 Å². The Morgan fingerprint density at radius 1 is 1.04 bits per heavy atom. The molecule has 1 amide bonds. The maximum Gasteiger partial charge on any atom is 0.341 e. The Morgan fingerprint density at radius 3 is 2.29 bits per heavy atom. The molecule has 7 nitrogen and oxygen atoms in total. The summed E-state index contributed by atoms with van der Waals surface area (Å²) in [5, 5.41) is 11.6. The van der Waals surface area contributed by atoms with E-state index in [1.165, 1.54) is 0 Å². The fourth-order valence-electron chi connectivity index (χ4n) is 2.82. The van der Waals surface area contributed by atoms with Crippen molar-refractivity contribution in [3.63, 3.8) is 0 Å². The van der Waals surface area contributed by atoms with Crippen LogP contribution in [0.2, 0.25) is 0 Å². The summed E-state index contributed by atoms with van der Waals surface area (Å²) in [4.78, 5) is 23.2. The molecule has 0 saturated heterocycles. The molecule has 28 heavy (non-hydrogen) atoms. The van der Waals surface area contributed by atoms with Gasteiger partial charge in [-0.1, -0.05) is 6.07 Å². The Kier molecular flexibility index (Phi) is 7.26. The molecule has 150 valence electrons. The number of ether oxygens (including phenoxy) is 3. The van der Waals surface area contributed by atoms with Gasteiger partial charge in [-0.15, -0.1) is 0 Å². The number of aryl methyl sites for hydroxylation is 2. The van der Waals surface area contributed by atoms with E-state index in [2.05, 4.69) is 5.32 Å². The van der Waals surface area contributed by atoms with E-state index in [1.54, 1.807) is 33.1 Å². The first-order valence-corrected chi connectivity index (χ1v) is 8.89. The van der Waals surface area contributed by atoms with Crippen LogP contribution in [0.4, 0.5) is 0 Å². The number of carbonyl (C=O) groups is 2. The number of hydrogen-bond donors (Lipinski definition) is 2. The molecule has 0 unspecified atom stereocenters. The monoisotopic (exact) mass is 387 g/mol. The maximum absolute atomic E-state index is 12.5. The third-order valence-corrected chi connectivity index (χ3v) is 4.04. The van der Waals surface area contributed by atoms with Crippen LogP contribution in [-0.2, 0) is 11.3 Å². The highest BCUT2D eigenvalue weighted by atomic mass is 16.5. The predicted molar refractivity (Wildman–Crippen MR) is 104 cm³/mol. The minimum Gasteiger partial charge on any atom is -0.493 e. The van der Waals surface area contributed by atoms with Gasteiger partial charge in [0.05, 0.1) is 13.7 Å². The molecule has 0 aliphatic heterocycles. The predicted octanol–water partition coefficient (Wildman–Crippen LogP) is 3.10. The average Bonchev–Trinajstić information content (AvgIpc) is 2.66. The van der Waals surface area contributed by atoms with Crippen LogP contribution in [-0.4, -0.2) is 37.3 Å². The van der Waals surface area contributed by atoms with Gasteiger partial charge in [0.1, 0.15) is 5.75 Å². The van der Waals surface area contributed by atoms with Crippen molar-refractivity contribution in [2.75, 3.05) is 20.3 Å². The molecule has 0 aromatic heterocycles. The van der Waals surface area contributed by atoms with Gasteiger partial charge >= 0.3 is 5.97 Å². The highest BCUT2D eigenvalue weighted by Crippen LogP contribution is 2.28. The number of amides is 1. The van der Waals surface area contributed by atoms with Gasteiger partial charge in [-0.05, 0) is 61.7 Å². The summed E-state index contributed by atoms with van der Waals surface area (Å²) in [6, 6.07) is 8.86. The van der Waals surface area contributed by atoms with Gasteiger partial charge in [-0.25, -0.2) is 4.79 Å². The molecule has 0 radical (unpaired) electrons. The second-order valence-electron chi connectivity index (χ2n) is 6.22. The molecule has 0 heterocycles. The van der Waals surface area contributed by atoms with Gasteiger partial charge in [-0.2, -0.15) is 0 Å². The quantitative estimate of drug-likeness (QED) is 0.687. The molecule has 0 spiro atoms. The lowest BCUT2D eigenvalue weighted by Crippen LogP contribution is -2.23. The SMILES string of the molecule is CCOc1ccc(CNC(=O)c2cc(C)c(OCC(=O)O)c(C)c2)cc1OC. The van der Waals surface area contributed by atoms with E-state index in [0.29, 0.717) is 47.1 Å². The number of nitrogens with one attached hydrogen (secondary N) is 1. The average molecular weight is 387 g/mol. The third-order valence-electron chi connectivity index (χ3n) is 4.04. The molecule has 0 fully saturated rings. The molecular formula is C21H25NO6. The van der Waals surface area contributed by atoms with Crippen LogP contribution in [0, 0.1) is 13.8 Å². The topological polar surface area (TPSA) is 94.1 Å². The van der Waals surface area contributed by atoms with Crippen molar-refractivity contribution in [1.29, 1.82) is 0 Å². The van der Waals surface area contributed by atoms with Crippen LogP contribution in [0.5, 0.6) is 17.2 Å². The van der Waals surface area contributed by atoms with E-state index < -0.39 is 12.6 Å². The van der Waals surface area contributed by atoms with E-state index in [-0.39, 0.29) is 5.91 Å². The minimum atomic E-state index is -1.05. The van der Waals surface area contributed by atoms with Crippen molar-refractivity contribution >= 4 is 11.9 Å². The van der Waals surface area contributed by atoms with Crippen molar-refractivity contribution in [3.05, 3.63) is 52.6 Å². The number of benzene rings is 2. The van der Waals surface area contributed by atoms with Crippen molar-refractivity contribution in [1.82, 2.24) is 5.32 Å². The Bertz CT molecular complexity index is 839. The summed E-state index contributed by atoms with van der Waals surface area (Å²) in [6.07, 6.45) is 0. The zero-order valence-corrected chi connectivity index (χ0v) is 16.5. The summed E-state index contributed by atoms with van der Waals surface area (Å²) in [7, 11) is 1.57. The minimum absolute atomic E-state index is 0.233. The van der Waals surface area contributed by atoms with E-state index >= 15 is 0 Å². The summed E-state index contributed by atoms with van der Waals surface area (Å²) < 4.78 is 16.1. The van der Waals surface area contributed by atoms with Crippen molar-refractivity contribution in [3.8, 4) is 17.2 Å². The first-order chi connectivity index (χ1) is 13.3. The Labute approximate surface area is 164 Å². The van der Waals surface area contributed by atoms with E-state index in [9.17, 15) is 9.59 Å². The zero-order valence-electron chi connectivity index (χ0n) is 16.5. The smallest absolute Gasteiger partial charge is 0.341 e. The van der Waals surface area contributed by atoms with Gasteiger partial charge in [-0.3, -0.25) is 4.79 Å². The maximum atomic E-state index is 12.5. The van der Waals surface area contributed by atoms with Gasteiger partial charge in [0, 0.05) is 12.1 Å². The number of carboxylic acids is 1.